The Morgan fingerprint density at radius 2 is 0.947 bits per heavy atom. The normalized spacial score (nSPS) is 10.3. The van der Waals surface area contributed by atoms with Gasteiger partial charge in [0.15, 0.2) is 0 Å². The molecule has 0 fully saturated rings. The van der Waals surface area contributed by atoms with Crippen LogP contribution in [-0.4, -0.2) is 69.9 Å². The van der Waals surface area contributed by atoms with Gasteiger partial charge >= 0.3 is 17.1 Å². The second-order valence-electron chi connectivity index (χ2n) is 3.24. The van der Waals surface area contributed by atoms with E-state index in [1.807, 2.05) is 0 Å². The molecular weight excluding hydrogens is 317 g/mol. The molecule has 0 aromatic heterocycles. The molecule has 0 aromatic rings. The largest absolute Gasteiger partial charge is 2.00 e. The van der Waals surface area contributed by atoms with Gasteiger partial charge in [0.2, 0.25) is 0 Å². The summed E-state index contributed by atoms with van der Waals surface area (Å²) in [5, 5.41) is 9.71. The summed E-state index contributed by atoms with van der Waals surface area (Å²) in [6, 6.07) is 0. The van der Waals surface area contributed by atoms with Gasteiger partial charge in [0.05, 0.1) is 0 Å². The average molecular weight is 340 g/mol. The summed E-state index contributed by atoms with van der Waals surface area (Å²) in [5.41, 5.74) is 10.6. The number of hydrogen-bond acceptors (Lipinski definition) is 9. The van der Waals surface area contributed by atoms with E-state index in [1.54, 1.807) is 0 Å². The van der Waals surface area contributed by atoms with Crippen molar-refractivity contribution in [1.82, 2.24) is 16.0 Å². The number of nitrogens with two attached hydrogens (primary N) is 2. The molecule has 0 bridgehead atoms. The van der Waals surface area contributed by atoms with Crippen molar-refractivity contribution in [3.8, 4) is 0 Å². The Morgan fingerprint density at radius 1 is 0.737 bits per heavy atom. The third-order valence-corrected chi connectivity index (χ3v) is 1.60. The maximum absolute atomic E-state index is 8.52. The summed E-state index contributed by atoms with van der Waals surface area (Å²) < 4.78 is 34.1. The van der Waals surface area contributed by atoms with E-state index in [2.05, 4.69) is 16.0 Å². The van der Waals surface area contributed by atoms with Gasteiger partial charge in [-0.15, -0.1) is 0 Å². The molecule has 0 unspecified atom stereocenters. The monoisotopic (exact) mass is 340 g/mol. The van der Waals surface area contributed by atoms with Crippen LogP contribution in [0, 0.1) is 0 Å². The summed E-state index contributed by atoms with van der Waals surface area (Å²) in [4.78, 5) is 0. The Labute approximate surface area is 125 Å². The molecule has 0 aliphatic heterocycles. The molecule has 0 aliphatic rings. The molecule has 0 aliphatic carbocycles. The predicted octanol–water partition coefficient (Wildman–Crippen LogP) is -3.67. The molecule has 0 heterocycles. The van der Waals surface area contributed by atoms with E-state index in [0.717, 1.165) is 39.3 Å². The van der Waals surface area contributed by atoms with Crippen LogP contribution >= 0.6 is 0 Å². The van der Waals surface area contributed by atoms with Crippen molar-refractivity contribution in [3.63, 3.8) is 0 Å². The Hall–Kier alpha value is 0.189. The van der Waals surface area contributed by atoms with Crippen LogP contribution in [0.4, 0.5) is 0 Å². The molecule has 11 heteroatoms. The molecular formula is C8H23MnN5O4S. The standard InChI is InChI=1S/C8H23N5.Mn.H2O4S/c9-1-3-11-5-7-13-8-6-12-4-2-10;;1-5(2,3)4/h11-13H,1-10H2;;(H2,1,2,3,4)/q;+2;/p-2. The van der Waals surface area contributed by atoms with Crippen molar-refractivity contribution in [1.29, 1.82) is 0 Å². The van der Waals surface area contributed by atoms with Crippen LogP contribution in [0.25, 0.3) is 0 Å². The fourth-order valence-electron chi connectivity index (χ4n) is 0.933. The SMILES string of the molecule is NCCNCCNCCNCCN.O=S(=O)([O-])[O-].[Mn+2]. The predicted molar refractivity (Wildman–Crippen MR) is 67.2 cm³/mol. The van der Waals surface area contributed by atoms with E-state index in [0.29, 0.717) is 13.1 Å². The van der Waals surface area contributed by atoms with Gasteiger partial charge in [-0.3, -0.25) is 8.42 Å². The smallest absolute Gasteiger partial charge is 0.759 e. The van der Waals surface area contributed by atoms with Crippen molar-refractivity contribution < 1.29 is 34.6 Å². The molecule has 0 aromatic carbocycles. The van der Waals surface area contributed by atoms with E-state index in [1.165, 1.54) is 0 Å². The van der Waals surface area contributed by atoms with Gasteiger partial charge in [0.25, 0.3) is 0 Å². The minimum Gasteiger partial charge on any atom is -0.759 e. The van der Waals surface area contributed by atoms with Gasteiger partial charge in [-0.05, 0) is 0 Å². The first kappa shape index (κ1) is 24.2. The molecule has 0 saturated carbocycles. The van der Waals surface area contributed by atoms with Crippen molar-refractivity contribution in [2.24, 2.45) is 11.5 Å². The molecule has 0 saturated heterocycles. The van der Waals surface area contributed by atoms with E-state index < -0.39 is 10.4 Å². The maximum atomic E-state index is 8.52. The summed E-state index contributed by atoms with van der Waals surface area (Å²) in [5.74, 6) is 0. The van der Waals surface area contributed by atoms with Gasteiger partial charge in [0, 0.05) is 62.8 Å². The van der Waals surface area contributed by atoms with Crippen molar-refractivity contribution in [2.45, 2.75) is 0 Å². The van der Waals surface area contributed by atoms with Crippen molar-refractivity contribution >= 4 is 10.4 Å². The van der Waals surface area contributed by atoms with Crippen LogP contribution in [0.1, 0.15) is 0 Å². The van der Waals surface area contributed by atoms with Crippen LogP contribution in [0.5, 0.6) is 0 Å². The topological polar surface area (TPSA) is 168 Å². The Balaban J connectivity index is -0.000000366. The van der Waals surface area contributed by atoms with Crippen LogP contribution in [0.2, 0.25) is 0 Å². The first-order chi connectivity index (χ1) is 8.41. The third-order valence-electron chi connectivity index (χ3n) is 1.60. The molecule has 0 rings (SSSR count). The Bertz CT molecular complexity index is 238. The zero-order chi connectivity index (χ0) is 14.3. The molecule has 1 radical (unpaired) electrons. The first-order valence-corrected chi connectivity index (χ1v) is 6.94. The minimum atomic E-state index is -5.17. The Morgan fingerprint density at radius 3 is 1.16 bits per heavy atom. The van der Waals surface area contributed by atoms with Crippen LogP contribution in [0.15, 0.2) is 0 Å². The molecule has 0 spiro atoms. The van der Waals surface area contributed by atoms with Gasteiger partial charge in [-0.25, -0.2) is 0 Å². The summed E-state index contributed by atoms with van der Waals surface area (Å²) in [6.45, 7) is 7.15. The van der Waals surface area contributed by atoms with E-state index >= 15 is 0 Å². The summed E-state index contributed by atoms with van der Waals surface area (Å²) in [7, 11) is -5.17. The second kappa shape index (κ2) is 18.2. The number of nitrogens with one attached hydrogen (secondary N) is 3. The molecule has 0 atom stereocenters. The van der Waals surface area contributed by atoms with Crippen LogP contribution < -0.4 is 27.4 Å². The minimum absolute atomic E-state index is 0. The van der Waals surface area contributed by atoms with Crippen molar-refractivity contribution in [2.75, 3.05) is 52.4 Å². The summed E-state index contributed by atoms with van der Waals surface area (Å²) in [6.07, 6.45) is 0. The number of rotatable bonds is 10. The van der Waals surface area contributed by atoms with E-state index in [9.17, 15) is 0 Å². The molecule has 9 nitrogen and oxygen atoms in total. The quantitative estimate of drug-likeness (QED) is 0.116. The zero-order valence-corrected chi connectivity index (χ0v) is 12.7. The molecule has 117 valence electrons. The Kier molecular flexibility index (Phi) is 23.2. The third kappa shape index (κ3) is 45.9. The van der Waals surface area contributed by atoms with E-state index in [4.69, 9.17) is 29.0 Å². The molecule has 7 N–H and O–H groups in total. The first-order valence-electron chi connectivity index (χ1n) is 5.60. The van der Waals surface area contributed by atoms with Gasteiger partial charge in [-0.2, -0.15) is 0 Å². The molecule has 19 heavy (non-hydrogen) atoms. The van der Waals surface area contributed by atoms with Gasteiger partial charge in [-0.1, -0.05) is 0 Å². The maximum Gasteiger partial charge on any atom is 2.00 e. The van der Waals surface area contributed by atoms with Crippen molar-refractivity contribution in [3.05, 3.63) is 0 Å². The average Bonchev–Trinajstić information content (AvgIpc) is 2.25. The molecule has 0 amide bonds. The van der Waals surface area contributed by atoms with E-state index in [-0.39, 0.29) is 17.1 Å². The van der Waals surface area contributed by atoms with Gasteiger partial charge < -0.3 is 36.5 Å². The van der Waals surface area contributed by atoms with Gasteiger partial charge in [0.1, 0.15) is 0 Å². The fraction of sp³-hybridized carbons (Fsp3) is 1.00. The summed E-state index contributed by atoms with van der Waals surface area (Å²) >= 11 is 0. The fourth-order valence-corrected chi connectivity index (χ4v) is 0.933. The zero-order valence-electron chi connectivity index (χ0n) is 10.7. The van der Waals surface area contributed by atoms with Crippen LogP contribution in [-0.2, 0) is 27.5 Å². The second-order valence-corrected chi connectivity index (χ2v) is 4.05. The van der Waals surface area contributed by atoms with Crippen LogP contribution in [0.3, 0.4) is 0 Å². The number of hydrogen-bond donors (Lipinski definition) is 5.